The van der Waals surface area contributed by atoms with E-state index >= 15 is 0 Å². The number of aryl methyl sites for hydroxylation is 1. The first-order chi connectivity index (χ1) is 13.7. The van der Waals surface area contributed by atoms with Crippen LogP contribution in [0.4, 0.5) is 19.0 Å². The van der Waals surface area contributed by atoms with Crippen LogP contribution in [0, 0.1) is 6.92 Å². The number of alkyl halides is 3. The Morgan fingerprint density at radius 1 is 1.28 bits per heavy atom. The summed E-state index contributed by atoms with van der Waals surface area (Å²) in [4.78, 5) is 20.3. The van der Waals surface area contributed by atoms with Gasteiger partial charge >= 0.3 is 6.18 Å². The Hall–Kier alpha value is -2.52. The number of carbonyl (C=O) groups is 1. The average Bonchev–Trinajstić information content (AvgIpc) is 2.66. The van der Waals surface area contributed by atoms with Crippen molar-refractivity contribution in [1.82, 2.24) is 9.97 Å². The maximum absolute atomic E-state index is 12.7. The number of nitrogens with zero attached hydrogens (tertiary/aromatic N) is 2. The molecule has 3 rings (SSSR count). The normalized spacial score (nSPS) is 11.5. The lowest BCUT2D eigenvalue weighted by molar-refractivity contribution is -0.137. The zero-order valence-corrected chi connectivity index (χ0v) is 16.9. The summed E-state index contributed by atoms with van der Waals surface area (Å²) >= 11 is 6.99. The van der Waals surface area contributed by atoms with Crippen LogP contribution in [0.2, 0.25) is 5.02 Å². The third kappa shape index (κ3) is 5.10. The number of halogens is 4. The maximum Gasteiger partial charge on any atom is 0.417 e. The van der Waals surface area contributed by atoms with Crippen molar-refractivity contribution in [1.29, 1.82) is 0 Å². The molecule has 5 nitrogen and oxygen atoms in total. The monoisotopic (exact) mass is 441 g/mol. The smallest absolute Gasteiger partial charge is 0.417 e. The van der Waals surface area contributed by atoms with Crippen molar-refractivity contribution in [2.75, 3.05) is 18.2 Å². The third-order valence-electron chi connectivity index (χ3n) is 3.98. The van der Waals surface area contributed by atoms with Gasteiger partial charge in [-0.05, 0) is 36.8 Å². The average molecular weight is 442 g/mol. The number of pyridine rings is 2. The van der Waals surface area contributed by atoms with Gasteiger partial charge in [-0.25, -0.2) is 9.97 Å². The van der Waals surface area contributed by atoms with Gasteiger partial charge in [0.1, 0.15) is 5.75 Å². The van der Waals surface area contributed by atoms with E-state index in [-0.39, 0.29) is 16.6 Å². The van der Waals surface area contributed by atoms with Crippen LogP contribution in [0.25, 0.3) is 10.9 Å². The molecule has 1 amide bonds. The molecule has 0 spiro atoms. The van der Waals surface area contributed by atoms with Crippen LogP contribution in [-0.4, -0.2) is 28.7 Å². The van der Waals surface area contributed by atoms with Gasteiger partial charge in [-0.15, -0.1) is 0 Å². The Morgan fingerprint density at radius 3 is 2.69 bits per heavy atom. The number of thioether (sulfide) groups is 1. The number of rotatable bonds is 5. The highest BCUT2D eigenvalue weighted by Crippen LogP contribution is 2.32. The Kier molecular flexibility index (Phi) is 6.18. The molecular formula is C19H15ClF3N3O2S. The van der Waals surface area contributed by atoms with Crippen molar-refractivity contribution in [3.05, 3.63) is 52.7 Å². The van der Waals surface area contributed by atoms with Crippen LogP contribution in [0.1, 0.15) is 11.1 Å². The van der Waals surface area contributed by atoms with E-state index < -0.39 is 17.6 Å². The van der Waals surface area contributed by atoms with E-state index in [1.807, 2.05) is 25.1 Å². The number of anilines is 1. The van der Waals surface area contributed by atoms with Crippen molar-refractivity contribution in [2.45, 2.75) is 18.1 Å². The first-order valence-corrected chi connectivity index (χ1v) is 9.64. The molecule has 0 aliphatic rings. The Labute approximate surface area is 173 Å². The molecule has 0 unspecified atom stereocenters. The van der Waals surface area contributed by atoms with Crippen molar-refractivity contribution in [2.24, 2.45) is 0 Å². The molecule has 1 aromatic carbocycles. The summed E-state index contributed by atoms with van der Waals surface area (Å²) in [5.41, 5.74) is 0.744. The molecule has 1 N–H and O–H groups in total. The van der Waals surface area contributed by atoms with E-state index in [1.165, 1.54) is 11.8 Å². The van der Waals surface area contributed by atoms with Gasteiger partial charge in [-0.3, -0.25) is 4.79 Å². The standard InChI is InChI=1S/C19H15ClF3N3O2S/c1-10-5-17(25-15-7-12(28-2)3-4-13(10)15)29-9-16(27)26-18-14(20)6-11(8-24-18)19(21,22)23/h3-8H,9H2,1-2H3,(H,24,26,27). The number of hydrogen-bond donors (Lipinski definition) is 1. The Bertz CT molecular complexity index is 1080. The number of fused-ring (bicyclic) bond motifs is 1. The van der Waals surface area contributed by atoms with Gasteiger partial charge in [0.15, 0.2) is 5.82 Å². The summed E-state index contributed by atoms with van der Waals surface area (Å²) in [5, 5.41) is 3.73. The zero-order chi connectivity index (χ0) is 21.2. The van der Waals surface area contributed by atoms with Gasteiger partial charge in [0, 0.05) is 17.6 Å². The molecule has 3 aromatic rings. The number of hydrogen-bond acceptors (Lipinski definition) is 5. The number of aromatic nitrogens is 2. The summed E-state index contributed by atoms with van der Waals surface area (Å²) < 4.78 is 43.2. The molecule has 0 radical (unpaired) electrons. The van der Waals surface area contributed by atoms with Gasteiger partial charge in [0.05, 0.1) is 34.0 Å². The highest BCUT2D eigenvalue weighted by Gasteiger charge is 2.31. The van der Waals surface area contributed by atoms with Gasteiger partial charge in [0.25, 0.3) is 0 Å². The predicted molar refractivity (Wildman–Crippen MR) is 107 cm³/mol. The van der Waals surface area contributed by atoms with E-state index in [2.05, 4.69) is 15.3 Å². The second-order valence-corrected chi connectivity index (χ2v) is 7.45. The predicted octanol–water partition coefficient (Wildman–Crippen LogP) is 5.35. The fourth-order valence-corrected chi connectivity index (χ4v) is 3.53. The number of carbonyl (C=O) groups excluding carboxylic acids is 1. The lowest BCUT2D eigenvalue weighted by Crippen LogP contribution is -2.16. The number of benzene rings is 1. The highest BCUT2D eigenvalue weighted by atomic mass is 35.5. The summed E-state index contributed by atoms with van der Waals surface area (Å²) in [7, 11) is 1.57. The van der Waals surface area contributed by atoms with Crippen LogP contribution < -0.4 is 10.1 Å². The minimum absolute atomic E-state index is 0.0130. The molecule has 152 valence electrons. The van der Waals surface area contributed by atoms with E-state index in [4.69, 9.17) is 16.3 Å². The summed E-state index contributed by atoms with van der Waals surface area (Å²) in [6, 6.07) is 8.14. The SMILES string of the molecule is COc1ccc2c(C)cc(SCC(=O)Nc3ncc(C(F)(F)F)cc3Cl)nc2c1. The minimum atomic E-state index is -4.56. The molecule has 0 bridgehead atoms. The topological polar surface area (TPSA) is 64.1 Å². The van der Waals surface area contributed by atoms with Gasteiger partial charge < -0.3 is 10.1 Å². The largest absolute Gasteiger partial charge is 0.497 e. The van der Waals surface area contributed by atoms with E-state index in [0.29, 0.717) is 17.0 Å². The van der Waals surface area contributed by atoms with E-state index in [1.54, 1.807) is 13.2 Å². The number of methoxy groups -OCH3 is 1. The third-order valence-corrected chi connectivity index (χ3v) is 5.18. The second kappa shape index (κ2) is 8.46. The molecule has 0 aliphatic carbocycles. The first-order valence-electron chi connectivity index (χ1n) is 8.28. The molecule has 0 aliphatic heterocycles. The number of amides is 1. The number of nitrogens with one attached hydrogen (secondary N) is 1. The highest BCUT2D eigenvalue weighted by molar-refractivity contribution is 7.99. The van der Waals surface area contributed by atoms with Crippen LogP contribution in [0.5, 0.6) is 5.75 Å². The first kappa shape index (κ1) is 21.2. The van der Waals surface area contributed by atoms with Crippen molar-refractivity contribution in [3.63, 3.8) is 0 Å². The molecule has 2 heterocycles. The maximum atomic E-state index is 12.7. The van der Waals surface area contributed by atoms with Gasteiger partial charge in [0.2, 0.25) is 5.91 Å². The summed E-state index contributed by atoms with van der Waals surface area (Å²) in [6.45, 7) is 1.94. The molecule has 0 saturated carbocycles. The minimum Gasteiger partial charge on any atom is -0.497 e. The molecule has 2 aromatic heterocycles. The lowest BCUT2D eigenvalue weighted by atomic mass is 10.1. The van der Waals surface area contributed by atoms with Crippen LogP contribution in [0.15, 0.2) is 41.6 Å². The van der Waals surface area contributed by atoms with Crippen LogP contribution in [-0.2, 0) is 11.0 Å². The lowest BCUT2D eigenvalue weighted by Gasteiger charge is -2.10. The molecule has 0 fully saturated rings. The molecule has 0 atom stereocenters. The molecule has 10 heteroatoms. The number of ether oxygens (including phenoxy) is 1. The van der Waals surface area contributed by atoms with Gasteiger partial charge in [-0.1, -0.05) is 23.4 Å². The fourth-order valence-electron chi connectivity index (χ4n) is 2.54. The van der Waals surface area contributed by atoms with E-state index in [0.717, 1.165) is 22.5 Å². The Balaban J connectivity index is 1.69. The molecular weight excluding hydrogens is 427 g/mol. The van der Waals surface area contributed by atoms with Gasteiger partial charge in [-0.2, -0.15) is 13.2 Å². The summed E-state index contributed by atoms with van der Waals surface area (Å²) in [6.07, 6.45) is -3.94. The second-order valence-electron chi connectivity index (χ2n) is 6.05. The zero-order valence-electron chi connectivity index (χ0n) is 15.3. The summed E-state index contributed by atoms with van der Waals surface area (Å²) in [5.74, 6) is 0.0698. The van der Waals surface area contributed by atoms with E-state index in [9.17, 15) is 18.0 Å². The fraction of sp³-hybridized carbons (Fsp3) is 0.211. The van der Waals surface area contributed by atoms with Crippen molar-refractivity contribution >= 4 is 46.0 Å². The molecule has 29 heavy (non-hydrogen) atoms. The van der Waals surface area contributed by atoms with Crippen molar-refractivity contribution < 1.29 is 22.7 Å². The van der Waals surface area contributed by atoms with Crippen LogP contribution in [0.3, 0.4) is 0 Å². The quantitative estimate of drug-likeness (QED) is 0.541. The Morgan fingerprint density at radius 2 is 2.03 bits per heavy atom. The van der Waals surface area contributed by atoms with Crippen LogP contribution >= 0.6 is 23.4 Å². The van der Waals surface area contributed by atoms with Crippen molar-refractivity contribution in [3.8, 4) is 5.75 Å². The molecule has 0 saturated heterocycles.